The molecule has 3 aromatic rings. The minimum absolute atomic E-state index is 0.304. The average molecular weight is 401 g/mol. The second kappa shape index (κ2) is 8.22. The van der Waals surface area contributed by atoms with Gasteiger partial charge in [-0.1, -0.05) is 17.8 Å². The normalized spacial score (nSPS) is 11.8. The molecule has 3 N–H and O–H groups in total. The van der Waals surface area contributed by atoms with E-state index < -0.39 is 17.1 Å². The lowest BCUT2D eigenvalue weighted by molar-refractivity contribution is -0.140. The molecule has 2 aromatic carbocycles. The predicted octanol–water partition coefficient (Wildman–Crippen LogP) is 2.69. The number of primary amides is 1. The molecule has 0 saturated carbocycles. The topological polar surface area (TPSA) is 117 Å². The van der Waals surface area contributed by atoms with Crippen molar-refractivity contribution in [3.63, 3.8) is 0 Å². The maximum Gasteiger partial charge on any atom is 0.323 e. The minimum atomic E-state index is -0.730. The quantitative estimate of drug-likeness (QED) is 0.462. The van der Waals surface area contributed by atoms with Crippen molar-refractivity contribution in [2.24, 2.45) is 5.73 Å². The van der Waals surface area contributed by atoms with Gasteiger partial charge in [0, 0.05) is 6.07 Å². The first-order valence-electron chi connectivity index (χ1n) is 8.22. The molecule has 0 spiro atoms. The van der Waals surface area contributed by atoms with E-state index in [0.717, 1.165) is 11.8 Å². The molecule has 3 rings (SSSR count). The van der Waals surface area contributed by atoms with Crippen LogP contribution in [0.25, 0.3) is 11.0 Å². The number of benzene rings is 2. The zero-order chi connectivity index (χ0) is 20.3. The van der Waals surface area contributed by atoms with Gasteiger partial charge in [0.1, 0.15) is 22.3 Å². The number of fused-ring (bicyclic) bond motifs is 1. The number of para-hydroxylation sites is 1. The van der Waals surface area contributed by atoms with E-state index in [-0.39, 0.29) is 0 Å². The number of nitrogens with two attached hydrogens (primary N) is 1. The number of nitrogens with one attached hydrogen (secondary N) is 1. The molecule has 0 saturated heterocycles. The molecular weight excluding hydrogens is 382 g/mol. The van der Waals surface area contributed by atoms with Crippen molar-refractivity contribution in [2.45, 2.75) is 10.4 Å². The third kappa shape index (κ3) is 3.89. The van der Waals surface area contributed by atoms with Crippen LogP contribution in [0.4, 0.5) is 0 Å². The van der Waals surface area contributed by atoms with E-state index in [2.05, 4.69) is 9.97 Å². The summed E-state index contributed by atoms with van der Waals surface area (Å²) in [6.45, 7) is 0. The van der Waals surface area contributed by atoms with Gasteiger partial charge in [-0.05, 0) is 29.8 Å². The number of nitrogens with zero attached hydrogens (tertiary/aromatic N) is 1. The van der Waals surface area contributed by atoms with Gasteiger partial charge in [0.2, 0.25) is 0 Å². The Morgan fingerprint density at radius 2 is 1.79 bits per heavy atom. The number of carbonyl (C=O) groups excluding carboxylic acids is 2. The highest BCUT2D eigenvalue weighted by molar-refractivity contribution is 8.00. The summed E-state index contributed by atoms with van der Waals surface area (Å²) in [5.74, 6) is 0.0561. The molecule has 146 valence electrons. The highest BCUT2D eigenvalue weighted by Crippen LogP contribution is 2.38. The van der Waals surface area contributed by atoms with Gasteiger partial charge in [0.25, 0.3) is 5.91 Å². The first kappa shape index (κ1) is 19.6. The number of ether oxygens (including phenoxy) is 3. The van der Waals surface area contributed by atoms with Crippen LogP contribution in [0.15, 0.2) is 41.6 Å². The zero-order valence-electron chi connectivity index (χ0n) is 15.5. The SMILES string of the molecule is COC(=O)C(Sc1nc2c(C(N)=O)cccc2[nH]1)c1cc(OC)cc(OC)c1. The van der Waals surface area contributed by atoms with Crippen molar-refractivity contribution in [3.05, 3.63) is 47.5 Å². The maximum atomic E-state index is 12.5. The molecule has 1 heterocycles. The van der Waals surface area contributed by atoms with Crippen LogP contribution in [-0.4, -0.2) is 43.2 Å². The molecule has 28 heavy (non-hydrogen) atoms. The Labute approximate surface area is 165 Å². The van der Waals surface area contributed by atoms with E-state index in [0.29, 0.717) is 38.8 Å². The monoisotopic (exact) mass is 401 g/mol. The van der Waals surface area contributed by atoms with Crippen LogP contribution in [0.3, 0.4) is 0 Å². The molecule has 0 radical (unpaired) electrons. The lowest BCUT2D eigenvalue weighted by Gasteiger charge is -2.15. The number of imidazole rings is 1. The third-order valence-electron chi connectivity index (χ3n) is 4.08. The third-order valence-corrected chi connectivity index (χ3v) is 5.19. The van der Waals surface area contributed by atoms with Crippen LogP contribution in [0.1, 0.15) is 21.2 Å². The second-order valence-electron chi connectivity index (χ2n) is 5.77. The number of aromatic nitrogens is 2. The Hall–Kier alpha value is -3.20. The fourth-order valence-electron chi connectivity index (χ4n) is 2.72. The Morgan fingerprint density at radius 3 is 2.36 bits per heavy atom. The Kier molecular flexibility index (Phi) is 5.74. The molecule has 0 aliphatic carbocycles. The second-order valence-corrected chi connectivity index (χ2v) is 6.87. The summed E-state index contributed by atoms with van der Waals surface area (Å²) in [6, 6.07) is 10.3. The molecule has 1 unspecified atom stereocenters. The van der Waals surface area contributed by atoms with Crippen molar-refractivity contribution in [1.82, 2.24) is 9.97 Å². The van der Waals surface area contributed by atoms with Crippen molar-refractivity contribution < 1.29 is 23.8 Å². The van der Waals surface area contributed by atoms with E-state index in [1.807, 2.05) is 0 Å². The number of carbonyl (C=O) groups is 2. The van der Waals surface area contributed by atoms with Gasteiger partial charge in [0.05, 0.1) is 32.4 Å². The van der Waals surface area contributed by atoms with Gasteiger partial charge in [-0.2, -0.15) is 0 Å². The maximum absolute atomic E-state index is 12.5. The van der Waals surface area contributed by atoms with Gasteiger partial charge in [0.15, 0.2) is 5.16 Å². The molecular formula is C19H19N3O5S. The van der Waals surface area contributed by atoms with Crippen molar-refractivity contribution in [2.75, 3.05) is 21.3 Å². The van der Waals surface area contributed by atoms with Gasteiger partial charge in [-0.25, -0.2) is 4.98 Å². The molecule has 0 aliphatic heterocycles. The van der Waals surface area contributed by atoms with Crippen molar-refractivity contribution in [1.29, 1.82) is 0 Å². The van der Waals surface area contributed by atoms with Crippen LogP contribution < -0.4 is 15.2 Å². The fourth-order valence-corrected chi connectivity index (χ4v) is 3.72. The molecule has 0 bridgehead atoms. The highest BCUT2D eigenvalue weighted by atomic mass is 32.2. The molecule has 1 aromatic heterocycles. The minimum Gasteiger partial charge on any atom is -0.497 e. The molecule has 9 heteroatoms. The van der Waals surface area contributed by atoms with Crippen LogP contribution >= 0.6 is 11.8 Å². The first-order valence-corrected chi connectivity index (χ1v) is 9.10. The van der Waals surface area contributed by atoms with Crippen molar-refractivity contribution >= 4 is 34.7 Å². The van der Waals surface area contributed by atoms with E-state index >= 15 is 0 Å². The summed E-state index contributed by atoms with van der Waals surface area (Å²) in [4.78, 5) is 31.6. The smallest absolute Gasteiger partial charge is 0.323 e. The highest BCUT2D eigenvalue weighted by Gasteiger charge is 2.26. The van der Waals surface area contributed by atoms with Crippen LogP contribution in [0.2, 0.25) is 0 Å². The number of rotatable bonds is 7. The van der Waals surface area contributed by atoms with Crippen molar-refractivity contribution in [3.8, 4) is 11.5 Å². The standard InChI is InChI=1S/C19H19N3O5S/c1-25-11-7-10(8-12(9-11)26-2)16(18(24)27-3)28-19-21-14-6-4-5-13(17(20)23)15(14)22-19/h4-9,16H,1-3H3,(H2,20,23)(H,21,22). The van der Waals surface area contributed by atoms with Gasteiger partial charge in [-0.15, -0.1) is 0 Å². The van der Waals surface area contributed by atoms with E-state index in [1.54, 1.807) is 36.4 Å². The number of esters is 1. The average Bonchev–Trinajstić information content (AvgIpc) is 3.13. The van der Waals surface area contributed by atoms with Gasteiger partial charge < -0.3 is 24.9 Å². The lowest BCUT2D eigenvalue weighted by atomic mass is 10.1. The van der Waals surface area contributed by atoms with E-state index in [9.17, 15) is 9.59 Å². The van der Waals surface area contributed by atoms with E-state index in [4.69, 9.17) is 19.9 Å². The molecule has 8 nitrogen and oxygen atoms in total. The number of aromatic amines is 1. The summed E-state index contributed by atoms with van der Waals surface area (Å²) in [7, 11) is 4.38. The van der Waals surface area contributed by atoms with Gasteiger partial charge >= 0.3 is 5.97 Å². The summed E-state index contributed by atoms with van der Waals surface area (Å²) < 4.78 is 15.5. The number of hydrogen-bond donors (Lipinski definition) is 2. The van der Waals surface area contributed by atoms with E-state index in [1.165, 1.54) is 21.3 Å². The Morgan fingerprint density at radius 1 is 1.11 bits per heavy atom. The number of hydrogen-bond acceptors (Lipinski definition) is 7. The molecule has 0 aliphatic rings. The first-order chi connectivity index (χ1) is 13.5. The Bertz CT molecular complexity index is 1010. The largest absolute Gasteiger partial charge is 0.497 e. The summed E-state index contributed by atoms with van der Waals surface area (Å²) >= 11 is 1.15. The van der Waals surface area contributed by atoms with Crippen LogP contribution in [0, 0.1) is 0 Å². The predicted molar refractivity (Wildman–Crippen MR) is 105 cm³/mol. The Balaban J connectivity index is 2.03. The van der Waals surface area contributed by atoms with Crippen LogP contribution in [0.5, 0.6) is 11.5 Å². The summed E-state index contributed by atoms with van der Waals surface area (Å²) in [6.07, 6.45) is 0. The number of thioether (sulfide) groups is 1. The van der Waals surface area contributed by atoms with Gasteiger partial charge in [-0.3, -0.25) is 9.59 Å². The number of H-pyrrole nitrogens is 1. The summed E-state index contributed by atoms with van der Waals surface area (Å²) in [5.41, 5.74) is 7.44. The van der Waals surface area contributed by atoms with Crippen LogP contribution in [-0.2, 0) is 9.53 Å². The summed E-state index contributed by atoms with van der Waals surface area (Å²) in [5, 5.41) is -0.285. The fraction of sp³-hybridized carbons (Fsp3) is 0.211. The molecule has 1 atom stereocenters. The number of methoxy groups -OCH3 is 3. The zero-order valence-corrected chi connectivity index (χ0v) is 16.3. The number of amides is 1. The molecule has 0 fully saturated rings. The molecule has 1 amide bonds. The lowest BCUT2D eigenvalue weighted by Crippen LogP contribution is -2.12.